The van der Waals surface area contributed by atoms with Gasteiger partial charge >= 0.3 is 0 Å². The van der Waals surface area contributed by atoms with Gasteiger partial charge in [0.15, 0.2) is 0 Å². The Balaban J connectivity index is 2.12. The average Bonchev–Trinajstić information content (AvgIpc) is 2.64. The molecule has 1 N–H and O–H groups in total. The van der Waals surface area contributed by atoms with Crippen molar-refractivity contribution in [3.8, 4) is 0 Å². The van der Waals surface area contributed by atoms with Crippen molar-refractivity contribution in [2.75, 3.05) is 6.54 Å². The van der Waals surface area contributed by atoms with Gasteiger partial charge in [0.25, 0.3) is 0 Å². The summed E-state index contributed by atoms with van der Waals surface area (Å²) < 4.78 is 2.32. The Labute approximate surface area is 111 Å². The summed E-state index contributed by atoms with van der Waals surface area (Å²) in [4.78, 5) is 4.34. The summed E-state index contributed by atoms with van der Waals surface area (Å²) in [5.74, 6) is 1.38. The maximum Gasteiger partial charge on any atom is 0.0950 e. The lowest BCUT2D eigenvalue weighted by molar-refractivity contribution is 0.491. The highest BCUT2D eigenvalue weighted by atomic mass is 15.1. The van der Waals surface area contributed by atoms with E-state index in [4.69, 9.17) is 0 Å². The van der Waals surface area contributed by atoms with Gasteiger partial charge < -0.3 is 9.88 Å². The zero-order valence-electron chi connectivity index (χ0n) is 12.6. The van der Waals surface area contributed by atoms with Gasteiger partial charge in [0, 0.05) is 29.9 Å². The first-order valence-corrected chi connectivity index (χ1v) is 7.10. The summed E-state index contributed by atoms with van der Waals surface area (Å²) >= 11 is 0. The summed E-state index contributed by atoms with van der Waals surface area (Å²) in [5, 5.41) is 3.57. The number of nitrogens with zero attached hydrogens (tertiary/aromatic N) is 2. The number of hydrogen-bond acceptors (Lipinski definition) is 2. The topological polar surface area (TPSA) is 29.9 Å². The fourth-order valence-electron chi connectivity index (χ4n) is 3.06. The molecule has 0 radical (unpaired) electrons. The van der Waals surface area contributed by atoms with E-state index in [9.17, 15) is 0 Å². The molecule has 0 bridgehead atoms. The number of nitrogens with one attached hydrogen (secondary N) is 1. The van der Waals surface area contributed by atoms with Crippen LogP contribution in [0.25, 0.3) is 0 Å². The second kappa shape index (κ2) is 4.69. The maximum absolute atomic E-state index is 4.34. The molecule has 1 fully saturated rings. The predicted octanol–water partition coefficient (Wildman–Crippen LogP) is 3.20. The molecule has 2 unspecified atom stereocenters. The van der Waals surface area contributed by atoms with E-state index in [2.05, 4.69) is 62.6 Å². The minimum absolute atomic E-state index is 0.397. The van der Waals surface area contributed by atoms with Crippen molar-refractivity contribution in [2.24, 2.45) is 11.3 Å². The van der Waals surface area contributed by atoms with Crippen LogP contribution in [-0.4, -0.2) is 22.1 Å². The highest BCUT2D eigenvalue weighted by molar-refractivity contribution is 5.26. The lowest BCUT2D eigenvalue weighted by atomic mass is 10.1. The first kappa shape index (κ1) is 13.6. The molecule has 0 spiro atoms. The molecule has 3 heteroatoms. The lowest BCUT2D eigenvalue weighted by Gasteiger charge is -2.12. The Morgan fingerprint density at radius 2 is 2.00 bits per heavy atom. The molecule has 1 aliphatic carbocycles. The van der Waals surface area contributed by atoms with Gasteiger partial charge in [-0.2, -0.15) is 0 Å². The number of hydrogen-bond donors (Lipinski definition) is 1. The Morgan fingerprint density at radius 1 is 1.33 bits per heavy atom. The summed E-state index contributed by atoms with van der Waals surface area (Å²) in [5.41, 5.74) is 1.81. The van der Waals surface area contributed by atoms with Crippen LogP contribution in [0.5, 0.6) is 0 Å². The van der Waals surface area contributed by atoms with Gasteiger partial charge in [0.05, 0.1) is 6.33 Å². The Bertz CT molecular complexity index is 404. The van der Waals surface area contributed by atoms with Crippen molar-refractivity contribution in [1.29, 1.82) is 0 Å². The van der Waals surface area contributed by atoms with Crippen molar-refractivity contribution in [2.45, 2.75) is 59.5 Å². The standard InChI is InChI=1S/C15H27N3/c1-10(2)17-7-12-14(15(12,5)6)13-8-16-9-18(13)11(3)4/h8-12,14,17H,7H2,1-6H3. The van der Waals surface area contributed by atoms with Gasteiger partial charge in [0.1, 0.15) is 0 Å². The van der Waals surface area contributed by atoms with Crippen LogP contribution in [-0.2, 0) is 0 Å². The van der Waals surface area contributed by atoms with Gasteiger partial charge in [-0.3, -0.25) is 0 Å². The van der Waals surface area contributed by atoms with Crippen molar-refractivity contribution in [3.05, 3.63) is 18.2 Å². The van der Waals surface area contributed by atoms with Gasteiger partial charge in [-0.25, -0.2) is 4.98 Å². The molecule has 0 aromatic carbocycles. The molecular formula is C15H27N3. The zero-order valence-corrected chi connectivity index (χ0v) is 12.6. The Kier molecular flexibility index (Phi) is 3.54. The van der Waals surface area contributed by atoms with Crippen molar-refractivity contribution < 1.29 is 0 Å². The third-order valence-corrected chi connectivity index (χ3v) is 4.37. The highest BCUT2D eigenvalue weighted by Crippen LogP contribution is 2.64. The van der Waals surface area contributed by atoms with Gasteiger partial charge in [-0.05, 0) is 31.7 Å². The van der Waals surface area contributed by atoms with E-state index in [1.165, 1.54) is 5.69 Å². The minimum Gasteiger partial charge on any atom is -0.332 e. The largest absolute Gasteiger partial charge is 0.332 e. The third kappa shape index (κ3) is 2.33. The van der Waals surface area contributed by atoms with E-state index in [1.54, 1.807) is 0 Å². The molecule has 2 atom stereocenters. The van der Waals surface area contributed by atoms with Crippen LogP contribution in [0.3, 0.4) is 0 Å². The first-order valence-electron chi connectivity index (χ1n) is 7.10. The number of aromatic nitrogens is 2. The van der Waals surface area contributed by atoms with Crippen LogP contribution in [0.1, 0.15) is 59.2 Å². The molecule has 1 saturated carbocycles. The highest BCUT2D eigenvalue weighted by Gasteiger charge is 2.59. The zero-order chi connectivity index (χ0) is 13.5. The molecule has 0 saturated heterocycles. The van der Waals surface area contributed by atoms with E-state index < -0.39 is 0 Å². The number of rotatable bonds is 5. The predicted molar refractivity (Wildman–Crippen MR) is 75.8 cm³/mol. The second-order valence-corrected chi connectivity index (χ2v) is 6.79. The molecule has 1 aromatic rings. The fraction of sp³-hybridized carbons (Fsp3) is 0.800. The molecular weight excluding hydrogens is 222 g/mol. The SMILES string of the molecule is CC(C)NCC1C(c2cncn2C(C)C)C1(C)C. The normalized spacial score (nSPS) is 26.0. The van der Waals surface area contributed by atoms with Gasteiger partial charge in [-0.15, -0.1) is 0 Å². The summed E-state index contributed by atoms with van der Waals surface area (Å²) in [6.07, 6.45) is 4.03. The molecule has 2 rings (SSSR count). The second-order valence-electron chi connectivity index (χ2n) is 6.79. The lowest BCUT2D eigenvalue weighted by Crippen LogP contribution is -2.26. The molecule has 0 amide bonds. The van der Waals surface area contributed by atoms with Gasteiger partial charge in [-0.1, -0.05) is 27.7 Å². The molecule has 1 aliphatic rings. The maximum atomic E-state index is 4.34. The molecule has 1 heterocycles. The number of imidazole rings is 1. The van der Waals surface area contributed by atoms with E-state index >= 15 is 0 Å². The quantitative estimate of drug-likeness (QED) is 0.868. The van der Waals surface area contributed by atoms with Crippen LogP contribution in [0.2, 0.25) is 0 Å². The van der Waals surface area contributed by atoms with E-state index in [0.717, 1.165) is 12.5 Å². The molecule has 3 nitrogen and oxygen atoms in total. The summed E-state index contributed by atoms with van der Waals surface area (Å²) in [6.45, 7) is 14.7. The van der Waals surface area contributed by atoms with Crippen molar-refractivity contribution >= 4 is 0 Å². The van der Waals surface area contributed by atoms with E-state index in [-0.39, 0.29) is 0 Å². The Hall–Kier alpha value is -0.830. The smallest absolute Gasteiger partial charge is 0.0950 e. The van der Waals surface area contributed by atoms with Crippen LogP contribution in [0.4, 0.5) is 0 Å². The van der Waals surface area contributed by atoms with Crippen LogP contribution in [0.15, 0.2) is 12.5 Å². The third-order valence-electron chi connectivity index (χ3n) is 4.37. The first-order chi connectivity index (χ1) is 8.35. The van der Waals surface area contributed by atoms with E-state index in [0.29, 0.717) is 23.4 Å². The van der Waals surface area contributed by atoms with Gasteiger partial charge in [0.2, 0.25) is 0 Å². The average molecular weight is 249 g/mol. The van der Waals surface area contributed by atoms with Crippen LogP contribution >= 0.6 is 0 Å². The molecule has 18 heavy (non-hydrogen) atoms. The van der Waals surface area contributed by atoms with Crippen molar-refractivity contribution in [1.82, 2.24) is 14.9 Å². The van der Waals surface area contributed by atoms with E-state index in [1.807, 2.05) is 6.33 Å². The minimum atomic E-state index is 0.397. The summed E-state index contributed by atoms with van der Waals surface area (Å²) in [6, 6.07) is 1.06. The summed E-state index contributed by atoms with van der Waals surface area (Å²) in [7, 11) is 0. The monoisotopic (exact) mass is 249 g/mol. The molecule has 0 aliphatic heterocycles. The van der Waals surface area contributed by atoms with Crippen LogP contribution < -0.4 is 5.32 Å². The fourth-order valence-corrected chi connectivity index (χ4v) is 3.06. The molecule has 102 valence electrons. The molecule has 1 aromatic heterocycles. The van der Waals surface area contributed by atoms with Crippen molar-refractivity contribution in [3.63, 3.8) is 0 Å². The van der Waals surface area contributed by atoms with Crippen LogP contribution in [0, 0.1) is 11.3 Å². The Morgan fingerprint density at radius 3 is 2.56 bits per heavy atom.